The molecule has 1 aliphatic rings. The lowest BCUT2D eigenvalue weighted by Crippen LogP contribution is -2.28. The molecule has 19 heavy (non-hydrogen) atoms. The van der Waals surface area contributed by atoms with Crippen LogP contribution in [0.25, 0.3) is 0 Å². The Kier molecular flexibility index (Phi) is 4.60. The second kappa shape index (κ2) is 6.03. The summed E-state index contributed by atoms with van der Waals surface area (Å²) in [4.78, 5) is 8.67. The molecule has 1 N–H and O–H groups in total. The predicted octanol–water partition coefficient (Wildman–Crippen LogP) is 2.57. The summed E-state index contributed by atoms with van der Waals surface area (Å²) in [5, 5.41) is 3.79. The number of rotatable bonds is 5. The molecule has 0 aliphatic carbocycles. The maximum absolute atomic E-state index is 6.09. The fourth-order valence-corrected chi connectivity index (χ4v) is 2.16. The lowest BCUT2D eigenvalue weighted by Gasteiger charge is -2.22. The van der Waals surface area contributed by atoms with Crippen LogP contribution < -0.4 is 5.32 Å². The minimum Gasteiger partial charge on any atom is -0.369 e. The molecular formula is C13H20ClN3O2. The standard InChI is InChI=1S/C13H20ClN3O2/c1-4-10-16-11(14)9(2)12(17-10)15-6-5-13(3)18-7-8-19-13/h4-8H2,1-3H3,(H,15,16,17). The van der Waals surface area contributed by atoms with E-state index in [0.717, 1.165) is 30.0 Å². The fraction of sp³-hybridized carbons (Fsp3) is 0.692. The van der Waals surface area contributed by atoms with Gasteiger partial charge in [-0.1, -0.05) is 18.5 Å². The molecule has 0 bridgehead atoms. The molecule has 0 atom stereocenters. The number of halogens is 1. The number of hydrogen-bond acceptors (Lipinski definition) is 5. The van der Waals surface area contributed by atoms with Crippen LogP contribution in [-0.2, 0) is 15.9 Å². The first-order valence-electron chi connectivity index (χ1n) is 6.59. The molecule has 1 aromatic heterocycles. The molecule has 1 fully saturated rings. The molecule has 1 saturated heterocycles. The molecule has 1 aliphatic heterocycles. The van der Waals surface area contributed by atoms with Crippen LogP contribution in [0.4, 0.5) is 5.82 Å². The summed E-state index contributed by atoms with van der Waals surface area (Å²) in [6, 6.07) is 0. The summed E-state index contributed by atoms with van der Waals surface area (Å²) in [5.41, 5.74) is 0.872. The first-order valence-corrected chi connectivity index (χ1v) is 6.96. The van der Waals surface area contributed by atoms with Crippen molar-refractivity contribution in [2.24, 2.45) is 0 Å². The summed E-state index contributed by atoms with van der Waals surface area (Å²) >= 11 is 6.09. The molecule has 0 aromatic carbocycles. The highest BCUT2D eigenvalue weighted by atomic mass is 35.5. The minimum absolute atomic E-state index is 0.481. The lowest BCUT2D eigenvalue weighted by atomic mass is 10.2. The van der Waals surface area contributed by atoms with E-state index in [4.69, 9.17) is 21.1 Å². The van der Waals surface area contributed by atoms with Crippen molar-refractivity contribution >= 4 is 17.4 Å². The summed E-state index contributed by atoms with van der Waals surface area (Å²) < 4.78 is 11.1. The quantitative estimate of drug-likeness (QED) is 0.843. The van der Waals surface area contributed by atoms with Crippen LogP contribution in [-0.4, -0.2) is 35.5 Å². The number of hydrogen-bond donors (Lipinski definition) is 1. The van der Waals surface area contributed by atoms with Gasteiger partial charge in [0.25, 0.3) is 0 Å². The van der Waals surface area contributed by atoms with Gasteiger partial charge in [0.05, 0.1) is 13.2 Å². The molecular weight excluding hydrogens is 266 g/mol. The van der Waals surface area contributed by atoms with Gasteiger partial charge in [0, 0.05) is 24.9 Å². The zero-order valence-electron chi connectivity index (χ0n) is 11.6. The van der Waals surface area contributed by atoms with Crippen molar-refractivity contribution in [1.82, 2.24) is 9.97 Å². The van der Waals surface area contributed by atoms with E-state index in [-0.39, 0.29) is 0 Å². The van der Waals surface area contributed by atoms with Gasteiger partial charge >= 0.3 is 0 Å². The number of aromatic nitrogens is 2. The molecule has 5 nitrogen and oxygen atoms in total. The van der Waals surface area contributed by atoms with E-state index >= 15 is 0 Å². The van der Waals surface area contributed by atoms with Gasteiger partial charge in [0.1, 0.15) is 16.8 Å². The summed E-state index contributed by atoms with van der Waals surface area (Å²) in [6.07, 6.45) is 1.52. The third kappa shape index (κ3) is 3.55. The van der Waals surface area contributed by atoms with Gasteiger partial charge in [-0.25, -0.2) is 9.97 Å². The minimum atomic E-state index is -0.481. The van der Waals surface area contributed by atoms with Crippen molar-refractivity contribution in [3.8, 4) is 0 Å². The molecule has 0 amide bonds. The van der Waals surface area contributed by atoms with Gasteiger partial charge in [0.15, 0.2) is 5.79 Å². The van der Waals surface area contributed by atoms with Crippen LogP contribution in [0, 0.1) is 6.92 Å². The third-order valence-corrected chi connectivity index (χ3v) is 3.59. The van der Waals surface area contributed by atoms with E-state index in [1.165, 1.54) is 0 Å². The number of nitrogens with zero attached hydrogens (tertiary/aromatic N) is 2. The van der Waals surface area contributed by atoms with Crippen molar-refractivity contribution in [1.29, 1.82) is 0 Å². The summed E-state index contributed by atoms with van der Waals surface area (Å²) in [6.45, 7) is 7.91. The number of nitrogens with one attached hydrogen (secondary N) is 1. The molecule has 2 heterocycles. The molecule has 0 saturated carbocycles. The van der Waals surface area contributed by atoms with Gasteiger partial charge in [-0.05, 0) is 13.8 Å². The Balaban J connectivity index is 1.97. The van der Waals surface area contributed by atoms with E-state index in [2.05, 4.69) is 15.3 Å². The van der Waals surface area contributed by atoms with Crippen molar-refractivity contribution in [3.05, 3.63) is 16.5 Å². The van der Waals surface area contributed by atoms with Crippen LogP contribution in [0.3, 0.4) is 0 Å². The normalized spacial score (nSPS) is 17.7. The Hall–Kier alpha value is -0.910. The number of ether oxygens (including phenoxy) is 2. The predicted molar refractivity (Wildman–Crippen MR) is 74.6 cm³/mol. The molecule has 0 radical (unpaired) electrons. The largest absolute Gasteiger partial charge is 0.369 e. The first kappa shape index (κ1) is 14.5. The highest BCUT2D eigenvalue weighted by Crippen LogP contribution is 2.24. The summed E-state index contributed by atoms with van der Waals surface area (Å²) in [5.74, 6) is 1.06. The monoisotopic (exact) mass is 285 g/mol. The SMILES string of the molecule is CCc1nc(Cl)c(C)c(NCCC2(C)OCCO2)n1. The van der Waals surface area contributed by atoms with Gasteiger partial charge in [-0.15, -0.1) is 0 Å². The average molecular weight is 286 g/mol. The Bertz CT molecular complexity index is 448. The second-order valence-electron chi connectivity index (χ2n) is 4.77. The van der Waals surface area contributed by atoms with Gasteiger partial charge < -0.3 is 14.8 Å². The summed E-state index contributed by atoms with van der Waals surface area (Å²) in [7, 11) is 0. The van der Waals surface area contributed by atoms with E-state index in [9.17, 15) is 0 Å². The van der Waals surface area contributed by atoms with Crippen LogP contribution in [0.15, 0.2) is 0 Å². The Morgan fingerprint density at radius 3 is 2.63 bits per heavy atom. The molecule has 2 rings (SSSR count). The van der Waals surface area contributed by atoms with Gasteiger partial charge in [-0.2, -0.15) is 0 Å². The number of aryl methyl sites for hydroxylation is 1. The van der Waals surface area contributed by atoms with Crippen LogP contribution in [0.1, 0.15) is 31.7 Å². The van der Waals surface area contributed by atoms with Crippen molar-refractivity contribution in [3.63, 3.8) is 0 Å². The molecule has 106 valence electrons. The van der Waals surface area contributed by atoms with Gasteiger partial charge in [0.2, 0.25) is 0 Å². The highest BCUT2D eigenvalue weighted by Gasteiger charge is 2.30. The molecule has 0 spiro atoms. The lowest BCUT2D eigenvalue weighted by molar-refractivity contribution is -0.144. The van der Waals surface area contributed by atoms with Crippen LogP contribution in [0.5, 0.6) is 0 Å². The number of anilines is 1. The Morgan fingerprint density at radius 2 is 2.00 bits per heavy atom. The van der Waals surface area contributed by atoms with E-state index < -0.39 is 5.79 Å². The van der Waals surface area contributed by atoms with Crippen molar-refractivity contribution in [2.75, 3.05) is 25.1 Å². The molecule has 6 heteroatoms. The first-order chi connectivity index (χ1) is 9.04. The van der Waals surface area contributed by atoms with Crippen molar-refractivity contribution < 1.29 is 9.47 Å². The maximum Gasteiger partial charge on any atom is 0.167 e. The second-order valence-corrected chi connectivity index (χ2v) is 5.12. The average Bonchev–Trinajstić information content (AvgIpc) is 2.81. The zero-order valence-corrected chi connectivity index (χ0v) is 12.4. The van der Waals surface area contributed by atoms with Crippen molar-refractivity contribution in [2.45, 2.75) is 39.4 Å². The molecule has 1 aromatic rings. The van der Waals surface area contributed by atoms with E-state index in [1.807, 2.05) is 20.8 Å². The smallest absolute Gasteiger partial charge is 0.167 e. The Morgan fingerprint density at radius 1 is 1.32 bits per heavy atom. The Labute approximate surface area is 118 Å². The van der Waals surface area contributed by atoms with E-state index in [1.54, 1.807) is 0 Å². The van der Waals surface area contributed by atoms with Gasteiger partial charge in [-0.3, -0.25) is 0 Å². The molecule has 0 unspecified atom stereocenters. The van der Waals surface area contributed by atoms with Crippen LogP contribution >= 0.6 is 11.6 Å². The maximum atomic E-state index is 6.09. The zero-order chi connectivity index (χ0) is 13.9. The highest BCUT2D eigenvalue weighted by molar-refractivity contribution is 6.30. The topological polar surface area (TPSA) is 56.3 Å². The third-order valence-electron chi connectivity index (χ3n) is 3.22. The van der Waals surface area contributed by atoms with E-state index in [0.29, 0.717) is 24.9 Å². The van der Waals surface area contributed by atoms with Crippen LogP contribution in [0.2, 0.25) is 5.15 Å². The fourth-order valence-electron chi connectivity index (χ4n) is 1.97.